The standard InChI is InChI=1S/C25H20N2O3/c28-23-13-7-6-12-22(23)27-24(29)14-19(25(27)30)20-16-26(15-17-8-2-1-3-9-17)21-11-5-4-10-18(20)21/h1-13,16,19,28H,14-15H2. The number of imide groups is 1. The number of nitrogens with zero attached hydrogens (tertiary/aromatic N) is 2. The number of carbonyl (C=O) groups excluding carboxylic acids is 2. The van der Waals surface area contributed by atoms with E-state index in [4.69, 9.17) is 0 Å². The second-order valence-corrected chi connectivity index (χ2v) is 7.53. The summed E-state index contributed by atoms with van der Waals surface area (Å²) in [6, 6.07) is 24.5. The highest BCUT2D eigenvalue weighted by Gasteiger charge is 2.42. The first-order valence-corrected chi connectivity index (χ1v) is 9.90. The SMILES string of the molecule is O=C1CC(c2cn(Cc3ccccc3)c3ccccc23)C(=O)N1c1ccccc1O. The first-order valence-electron chi connectivity index (χ1n) is 9.90. The number of rotatable bonds is 4. The van der Waals surface area contributed by atoms with Gasteiger partial charge in [0.05, 0.1) is 11.6 Å². The number of phenols is 1. The van der Waals surface area contributed by atoms with Gasteiger partial charge in [-0.3, -0.25) is 9.59 Å². The van der Waals surface area contributed by atoms with Crippen molar-refractivity contribution in [1.29, 1.82) is 0 Å². The van der Waals surface area contributed by atoms with Crippen LogP contribution in [0.3, 0.4) is 0 Å². The second-order valence-electron chi connectivity index (χ2n) is 7.53. The number of carbonyl (C=O) groups is 2. The molecule has 3 aromatic carbocycles. The van der Waals surface area contributed by atoms with E-state index >= 15 is 0 Å². The Kier molecular flexibility index (Phi) is 4.36. The van der Waals surface area contributed by atoms with Gasteiger partial charge < -0.3 is 9.67 Å². The van der Waals surface area contributed by atoms with Gasteiger partial charge >= 0.3 is 0 Å². The fourth-order valence-corrected chi connectivity index (χ4v) is 4.25. The molecular formula is C25H20N2O3. The number of hydrogen-bond donors (Lipinski definition) is 1. The van der Waals surface area contributed by atoms with Gasteiger partial charge in [0.2, 0.25) is 11.8 Å². The quantitative estimate of drug-likeness (QED) is 0.519. The topological polar surface area (TPSA) is 62.5 Å². The van der Waals surface area contributed by atoms with E-state index in [9.17, 15) is 14.7 Å². The van der Waals surface area contributed by atoms with Crippen molar-refractivity contribution < 1.29 is 14.7 Å². The molecule has 5 heteroatoms. The molecular weight excluding hydrogens is 376 g/mol. The molecule has 0 radical (unpaired) electrons. The van der Waals surface area contributed by atoms with Crippen molar-refractivity contribution in [3.05, 3.63) is 96.2 Å². The van der Waals surface area contributed by atoms with Gasteiger partial charge in [-0.1, -0.05) is 60.7 Å². The Hall–Kier alpha value is -3.86. The third kappa shape index (κ3) is 2.95. The Bertz CT molecular complexity index is 1260. The number of aromatic nitrogens is 1. The molecule has 1 fully saturated rings. The fraction of sp³-hybridized carbons (Fsp3) is 0.120. The number of phenolic OH excluding ortho intramolecular Hbond substituents is 1. The number of amides is 2. The van der Waals surface area contributed by atoms with Crippen LogP contribution in [0.25, 0.3) is 10.9 Å². The summed E-state index contributed by atoms with van der Waals surface area (Å²) in [4.78, 5) is 27.1. The summed E-state index contributed by atoms with van der Waals surface area (Å²) in [6.45, 7) is 0.680. The van der Waals surface area contributed by atoms with Crippen LogP contribution in [0.5, 0.6) is 5.75 Å². The molecule has 1 aliphatic heterocycles. The number of hydrogen-bond acceptors (Lipinski definition) is 3. The van der Waals surface area contributed by atoms with Crippen molar-refractivity contribution in [1.82, 2.24) is 4.57 Å². The smallest absolute Gasteiger partial charge is 0.242 e. The monoisotopic (exact) mass is 396 g/mol. The minimum atomic E-state index is -0.570. The fourth-order valence-electron chi connectivity index (χ4n) is 4.25. The van der Waals surface area contributed by atoms with Crippen LogP contribution in [0.1, 0.15) is 23.5 Å². The van der Waals surface area contributed by atoms with Crippen LogP contribution < -0.4 is 4.90 Å². The van der Waals surface area contributed by atoms with E-state index in [0.717, 1.165) is 26.9 Å². The summed E-state index contributed by atoms with van der Waals surface area (Å²) in [5.41, 5.74) is 3.27. The van der Waals surface area contributed by atoms with Crippen LogP contribution in [-0.4, -0.2) is 21.5 Å². The highest BCUT2D eigenvalue weighted by molar-refractivity contribution is 6.24. The Morgan fingerprint density at radius 1 is 0.867 bits per heavy atom. The number of benzene rings is 3. The first-order chi connectivity index (χ1) is 14.6. The number of para-hydroxylation sites is 3. The summed E-state index contributed by atoms with van der Waals surface area (Å²) in [7, 11) is 0. The highest BCUT2D eigenvalue weighted by Crippen LogP contribution is 2.39. The zero-order valence-corrected chi connectivity index (χ0v) is 16.2. The molecule has 4 aromatic rings. The molecule has 2 heterocycles. The summed E-state index contributed by atoms with van der Waals surface area (Å²) in [5.74, 6) is -1.25. The van der Waals surface area contributed by atoms with Crippen molar-refractivity contribution >= 4 is 28.4 Å². The van der Waals surface area contributed by atoms with Crippen LogP contribution in [-0.2, 0) is 16.1 Å². The Morgan fingerprint density at radius 2 is 1.57 bits per heavy atom. The maximum Gasteiger partial charge on any atom is 0.242 e. The maximum atomic E-state index is 13.3. The number of anilines is 1. The normalized spacial score (nSPS) is 16.5. The molecule has 0 spiro atoms. The van der Waals surface area contributed by atoms with Crippen LogP contribution in [0.15, 0.2) is 85.1 Å². The molecule has 0 saturated carbocycles. The van der Waals surface area contributed by atoms with Gasteiger partial charge in [-0.15, -0.1) is 0 Å². The largest absolute Gasteiger partial charge is 0.506 e. The lowest BCUT2D eigenvalue weighted by Gasteiger charge is -2.16. The van der Waals surface area contributed by atoms with Crippen LogP contribution >= 0.6 is 0 Å². The minimum Gasteiger partial charge on any atom is -0.506 e. The van der Waals surface area contributed by atoms with E-state index in [1.807, 2.05) is 48.7 Å². The summed E-state index contributed by atoms with van der Waals surface area (Å²) in [5, 5.41) is 11.1. The van der Waals surface area contributed by atoms with E-state index < -0.39 is 5.92 Å². The van der Waals surface area contributed by atoms with E-state index in [1.54, 1.807) is 18.2 Å². The van der Waals surface area contributed by atoms with E-state index in [-0.39, 0.29) is 29.7 Å². The molecule has 1 N–H and O–H groups in total. The minimum absolute atomic E-state index is 0.0774. The lowest BCUT2D eigenvalue weighted by atomic mass is 9.97. The van der Waals surface area contributed by atoms with Crippen molar-refractivity contribution in [2.45, 2.75) is 18.9 Å². The Labute approximate surface area is 173 Å². The van der Waals surface area contributed by atoms with Crippen molar-refractivity contribution in [3.8, 4) is 5.75 Å². The summed E-state index contributed by atoms with van der Waals surface area (Å²) in [6.07, 6.45) is 2.08. The van der Waals surface area contributed by atoms with E-state index in [2.05, 4.69) is 16.7 Å². The van der Waals surface area contributed by atoms with Crippen molar-refractivity contribution in [2.24, 2.45) is 0 Å². The lowest BCUT2D eigenvalue weighted by Crippen LogP contribution is -2.30. The average molecular weight is 396 g/mol. The van der Waals surface area contributed by atoms with Gasteiger partial charge in [-0.25, -0.2) is 4.90 Å². The van der Waals surface area contributed by atoms with E-state index in [1.165, 1.54) is 6.07 Å². The maximum absolute atomic E-state index is 13.3. The number of aromatic hydroxyl groups is 1. The van der Waals surface area contributed by atoms with Crippen LogP contribution in [0, 0.1) is 0 Å². The third-order valence-electron chi connectivity index (χ3n) is 5.66. The second kappa shape index (κ2) is 7.19. The molecule has 30 heavy (non-hydrogen) atoms. The molecule has 5 nitrogen and oxygen atoms in total. The zero-order valence-electron chi connectivity index (χ0n) is 16.2. The van der Waals surface area contributed by atoms with Crippen molar-refractivity contribution in [3.63, 3.8) is 0 Å². The molecule has 1 saturated heterocycles. The molecule has 1 aliphatic rings. The van der Waals surface area contributed by atoms with E-state index in [0.29, 0.717) is 6.54 Å². The van der Waals surface area contributed by atoms with Crippen LogP contribution in [0.2, 0.25) is 0 Å². The van der Waals surface area contributed by atoms with Crippen LogP contribution in [0.4, 0.5) is 5.69 Å². The van der Waals surface area contributed by atoms with Gasteiger partial charge in [-0.05, 0) is 29.3 Å². The molecule has 1 unspecified atom stereocenters. The third-order valence-corrected chi connectivity index (χ3v) is 5.66. The molecule has 0 bridgehead atoms. The Morgan fingerprint density at radius 3 is 2.37 bits per heavy atom. The molecule has 1 aromatic heterocycles. The Balaban J connectivity index is 1.56. The summed E-state index contributed by atoms with van der Waals surface area (Å²) < 4.78 is 2.13. The van der Waals surface area contributed by atoms with Gasteiger partial charge in [0.1, 0.15) is 5.75 Å². The first kappa shape index (κ1) is 18.2. The lowest BCUT2D eigenvalue weighted by molar-refractivity contribution is -0.121. The molecule has 0 aliphatic carbocycles. The van der Waals surface area contributed by atoms with Gasteiger partial charge in [0.25, 0.3) is 0 Å². The molecule has 2 amide bonds. The number of fused-ring (bicyclic) bond motifs is 1. The highest BCUT2D eigenvalue weighted by atomic mass is 16.3. The molecule has 5 rings (SSSR count). The zero-order chi connectivity index (χ0) is 20.7. The molecule has 148 valence electrons. The summed E-state index contributed by atoms with van der Waals surface area (Å²) >= 11 is 0. The van der Waals surface area contributed by atoms with Gasteiger partial charge in [-0.2, -0.15) is 0 Å². The predicted octanol–water partition coefficient (Wildman–Crippen LogP) is 4.44. The average Bonchev–Trinajstić information content (AvgIpc) is 3.26. The predicted molar refractivity (Wildman–Crippen MR) is 115 cm³/mol. The van der Waals surface area contributed by atoms with Gasteiger partial charge in [0.15, 0.2) is 0 Å². The molecule has 1 atom stereocenters. The van der Waals surface area contributed by atoms with Crippen molar-refractivity contribution in [2.75, 3.05) is 4.90 Å². The van der Waals surface area contributed by atoms with Gasteiger partial charge in [0, 0.05) is 30.1 Å².